The van der Waals surface area contributed by atoms with Gasteiger partial charge in [-0.3, -0.25) is 18.5 Å². The Morgan fingerprint density at radius 3 is 2.32 bits per heavy atom. The average molecular weight is 423 g/mol. The van der Waals surface area contributed by atoms with Crippen LogP contribution in [0.15, 0.2) is 52.1 Å². The zero-order chi connectivity index (χ0) is 22.1. The van der Waals surface area contributed by atoms with Gasteiger partial charge in [0.15, 0.2) is 11.2 Å². The predicted molar refractivity (Wildman–Crippen MR) is 120 cm³/mol. The lowest BCUT2D eigenvalue weighted by atomic mass is 10.0. The second kappa shape index (κ2) is 8.37. The summed E-state index contributed by atoms with van der Waals surface area (Å²) >= 11 is 0. The van der Waals surface area contributed by atoms with Crippen molar-refractivity contribution in [2.45, 2.75) is 6.54 Å². The average Bonchev–Trinajstić information content (AvgIpc) is 3.15. The number of nitrogens with zero attached hydrogens (tertiary/aromatic N) is 5. The molecule has 2 heterocycles. The van der Waals surface area contributed by atoms with Crippen molar-refractivity contribution in [3.63, 3.8) is 0 Å². The van der Waals surface area contributed by atoms with Gasteiger partial charge < -0.3 is 15.1 Å². The van der Waals surface area contributed by atoms with Gasteiger partial charge in [-0.25, -0.2) is 4.79 Å². The Bertz CT molecular complexity index is 1360. The summed E-state index contributed by atoms with van der Waals surface area (Å²) in [6.07, 6.45) is 0. The lowest BCUT2D eigenvalue weighted by Crippen LogP contribution is -2.37. The molecule has 2 N–H and O–H groups in total. The molecule has 0 aliphatic carbocycles. The molecule has 0 aliphatic heterocycles. The zero-order valence-electron chi connectivity index (χ0n) is 17.5. The van der Waals surface area contributed by atoms with Crippen molar-refractivity contribution in [3.8, 4) is 0 Å². The largest absolute Gasteiger partial charge is 0.395 e. The van der Waals surface area contributed by atoms with E-state index in [0.29, 0.717) is 18.0 Å². The molecule has 0 saturated heterocycles. The monoisotopic (exact) mass is 423 g/mol. The van der Waals surface area contributed by atoms with Gasteiger partial charge in [0.2, 0.25) is 5.95 Å². The van der Waals surface area contributed by atoms with E-state index in [9.17, 15) is 19.8 Å². The topological polar surface area (TPSA) is 106 Å². The molecule has 162 valence electrons. The van der Waals surface area contributed by atoms with E-state index < -0.39 is 11.2 Å². The number of aliphatic hydroxyl groups is 2. The molecule has 0 atom stereocenters. The number of rotatable bonds is 7. The van der Waals surface area contributed by atoms with Crippen LogP contribution in [-0.2, 0) is 20.6 Å². The van der Waals surface area contributed by atoms with Crippen molar-refractivity contribution in [1.29, 1.82) is 0 Å². The number of anilines is 1. The number of aromatic nitrogens is 4. The standard InChI is InChI=1S/C22H25N5O4/c1-24-19-18(20(30)25(2)22(24)31)27(21(23-19)26(10-12-28)11-13-29)14-16-8-5-7-15-6-3-4-9-17(15)16/h3-9,28-29H,10-14H2,1-2H3. The maximum atomic E-state index is 13.1. The molecule has 0 amide bonds. The fourth-order valence-electron chi connectivity index (χ4n) is 3.98. The molecule has 9 heteroatoms. The van der Waals surface area contributed by atoms with Gasteiger partial charge in [-0.2, -0.15) is 4.98 Å². The third kappa shape index (κ3) is 3.51. The summed E-state index contributed by atoms with van der Waals surface area (Å²) in [6, 6.07) is 14.0. The number of hydrogen-bond donors (Lipinski definition) is 2. The Balaban J connectivity index is 2.02. The van der Waals surface area contributed by atoms with Crippen LogP contribution in [0.25, 0.3) is 21.9 Å². The number of imidazole rings is 1. The normalized spacial score (nSPS) is 11.5. The molecule has 4 rings (SSSR count). The number of aliphatic hydroxyl groups excluding tert-OH is 2. The van der Waals surface area contributed by atoms with Crippen LogP contribution in [0, 0.1) is 0 Å². The minimum atomic E-state index is -0.463. The Morgan fingerprint density at radius 2 is 1.61 bits per heavy atom. The number of benzene rings is 2. The predicted octanol–water partition coefficient (Wildman–Crippen LogP) is 0.426. The van der Waals surface area contributed by atoms with E-state index in [0.717, 1.165) is 20.9 Å². The maximum Gasteiger partial charge on any atom is 0.332 e. The molecule has 0 bridgehead atoms. The van der Waals surface area contributed by atoms with E-state index in [2.05, 4.69) is 4.98 Å². The van der Waals surface area contributed by atoms with Gasteiger partial charge in [0.05, 0.1) is 19.8 Å². The lowest BCUT2D eigenvalue weighted by Gasteiger charge is -2.23. The molecule has 9 nitrogen and oxygen atoms in total. The summed E-state index contributed by atoms with van der Waals surface area (Å²) in [4.78, 5) is 31.9. The highest BCUT2D eigenvalue weighted by Gasteiger charge is 2.23. The molecule has 4 aromatic rings. The highest BCUT2D eigenvalue weighted by atomic mass is 16.3. The Hall–Kier alpha value is -3.43. The first-order chi connectivity index (χ1) is 15.0. The van der Waals surface area contributed by atoms with Crippen LogP contribution in [0.4, 0.5) is 5.95 Å². The molecule has 0 aliphatic rings. The summed E-state index contributed by atoms with van der Waals surface area (Å²) in [5.74, 6) is 0.421. The second-order valence-electron chi connectivity index (χ2n) is 7.45. The Morgan fingerprint density at radius 1 is 0.935 bits per heavy atom. The number of hydrogen-bond acceptors (Lipinski definition) is 6. The summed E-state index contributed by atoms with van der Waals surface area (Å²) in [5.41, 5.74) is 0.653. The van der Waals surface area contributed by atoms with Gasteiger partial charge >= 0.3 is 5.69 Å². The number of fused-ring (bicyclic) bond motifs is 2. The third-order valence-corrected chi connectivity index (χ3v) is 5.56. The van der Waals surface area contributed by atoms with Crippen LogP contribution in [0.3, 0.4) is 0 Å². The van der Waals surface area contributed by atoms with Crippen LogP contribution < -0.4 is 16.1 Å². The minimum Gasteiger partial charge on any atom is -0.395 e. The molecule has 0 spiro atoms. The van der Waals surface area contributed by atoms with Gasteiger partial charge in [0.25, 0.3) is 5.56 Å². The van der Waals surface area contributed by atoms with E-state index in [1.54, 1.807) is 16.5 Å². The Labute approximate surface area is 178 Å². The molecule has 2 aromatic heterocycles. The van der Waals surface area contributed by atoms with Gasteiger partial charge in [-0.15, -0.1) is 0 Å². The summed E-state index contributed by atoms with van der Waals surface area (Å²) < 4.78 is 4.18. The van der Waals surface area contributed by atoms with Crippen LogP contribution in [0.1, 0.15) is 5.56 Å². The second-order valence-corrected chi connectivity index (χ2v) is 7.45. The first-order valence-corrected chi connectivity index (χ1v) is 10.1. The van der Waals surface area contributed by atoms with Gasteiger partial charge in [-0.05, 0) is 16.3 Å². The smallest absolute Gasteiger partial charge is 0.332 e. The van der Waals surface area contributed by atoms with Crippen molar-refractivity contribution >= 4 is 27.9 Å². The molecule has 31 heavy (non-hydrogen) atoms. The van der Waals surface area contributed by atoms with Gasteiger partial charge in [-0.1, -0.05) is 42.5 Å². The van der Waals surface area contributed by atoms with Crippen LogP contribution in [0.2, 0.25) is 0 Å². The van der Waals surface area contributed by atoms with E-state index in [4.69, 9.17) is 0 Å². The SMILES string of the molecule is Cn1c(=O)c2c(nc(N(CCO)CCO)n2Cc2cccc3ccccc23)n(C)c1=O. The molecule has 0 saturated carbocycles. The molecule has 0 unspecified atom stereocenters. The fraction of sp³-hybridized carbons (Fsp3) is 0.318. The molecular weight excluding hydrogens is 398 g/mol. The van der Waals surface area contributed by atoms with E-state index >= 15 is 0 Å². The maximum absolute atomic E-state index is 13.1. The van der Waals surface area contributed by atoms with Crippen molar-refractivity contribution < 1.29 is 10.2 Å². The highest BCUT2D eigenvalue weighted by Crippen LogP contribution is 2.25. The summed E-state index contributed by atoms with van der Waals surface area (Å²) in [6.45, 7) is 0.512. The summed E-state index contributed by atoms with van der Waals surface area (Å²) in [5, 5.41) is 21.2. The van der Waals surface area contributed by atoms with Crippen molar-refractivity contribution in [2.24, 2.45) is 14.1 Å². The zero-order valence-corrected chi connectivity index (χ0v) is 17.5. The third-order valence-electron chi connectivity index (χ3n) is 5.56. The van der Waals surface area contributed by atoms with Crippen molar-refractivity contribution in [1.82, 2.24) is 18.7 Å². The van der Waals surface area contributed by atoms with Crippen LogP contribution in [-0.4, -0.2) is 55.2 Å². The minimum absolute atomic E-state index is 0.144. The van der Waals surface area contributed by atoms with E-state index in [-0.39, 0.29) is 32.0 Å². The first-order valence-electron chi connectivity index (χ1n) is 10.1. The Kier molecular flexibility index (Phi) is 5.62. The van der Waals surface area contributed by atoms with Crippen molar-refractivity contribution in [2.75, 3.05) is 31.2 Å². The lowest BCUT2D eigenvalue weighted by molar-refractivity contribution is 0.279. The van der Waals surface area contributed by atoms with Crippen molar-refractivity contribution in [3.05, 3.63) is 68.9 Å². The van der Waals surface area contributed by atoms with E-state index in [1.165, 1.54) is 11.6 Å². The molecule has 2 aromatic carbocycles. The van der Waals surface area contributed by atoms with E-state index in [1.807, 2.05) is 42.5 Å². The van der Waals surface area contributed by atoms with Gasteiger partial charge in [0.1, 0.15) is 0 Å². The molecule has 0 radical (unpaired) electrons. The van der Waals surface area contributed by atoms with Crippen LogP contribution in [0.5, 0.6) is 0 Å². The highest BCUT2D eigenvalue weighted by molar-refractivity contribution is 5.86. The fourth-order valence-corrected chi connectivity index (χ4v) is 3.98. The molecular formula is C22H25N5O4. The quantitative estimate of drug-likeness (QED) is 0.447. The number of aryl methyl sites for hydroxylation is 1. The first kappa shape index (κ1) is 20.8. The van der Waals surface area contributed by atoms with Gasteiger partial charge in [0, 0.05) is 27.2 Å². The van der Waals surface area contributed by atoms with Crippen LogP contribution >= 0.6 is 0 Å². The summed E-state index contributed by atoms with van der Waals surface area (Å²) in [7, 11) is 3.02. The molecule has 0 fully saturated rings.